The van der Waals surface area contributed by atoms with Gasteiger partial charge in [-0.2, -0.15) is 11.3 Å². The van der Waals surface area contributed by atoms with E-state index in [1.165, 1.54) is 11.3 Å². The number of carbonyl (C=O) groups excluding carboxylic acids is 2. The number of para-hydroxylation sites is 2. The van der Waals surface area contributed by atoms with E-state index in [0.29, 0.717) is 28.7 Å². The van der Waals surface area contributed by atoms with Crippen molar-refractivity contribution in [1.29, 1.82) is 0 Å². The van der Waals surface area contributed by atoms with Crippen molar-refractivity contribution in [2.45, 2.75) is 13.8 Å². The Labute approximate surface area is 170 Å². The minimum absolute atomic E-state index is 0.258. The van der Waals surface area contributed by atoms with Gasteiger partial charge in [0.05, 0.1) is 12.3 Å². The van der Waals surface area contributed by atoms with Crippen LogP contribution in [0.25, 0.3) is 10.6 Å². The number of aryl methyl sites for hydroxylation is 1. The molecule has 3 rings (SSSR count). The molecule has 0 bridgehead atoms. The largest absolute Gasteiger partial charge is 0.490 e. The first-order valence-electron chi connectivity index (χ1n) is 8.52. The zero-order chi connectivity index (χ0) is 19.9. The van der Waals surface area contributed by atoms with Crippen LogP contribution in [0.5, 0.6) is 11.5 Å². The number of thiazole rings is 1. The Morgan fingerprint density at radius 3 is 2.54 bits per heavy atom. The summed E-state index contributed by atoms with van der Waals surface area (Å²) in [5, 5.41) is 4.70. The Hall–Kier alpha value is -2.91. The maximum atomic E-state index is 12.4. The Morgan fingerprint density at radius 2 is 1.86 bits per heavy atom. The molecular formula is C19H19N3O4S2. The average Bonchev–Trinajstić information content (AvgIpc) is 3.35. The van der Waals surface area contributed by atoms with Crippen LogP contribution in [0.15, 0.2) is 41.1 Å². The maximum absolute atomic E-state index is 12.4. The molecule has 146 valence electrons. The van der Waals surface area contributed by atoms with Gasteiger partial charge in [0.15, 0.2) is 18.1 Å². The van der Waals surface area contributed by atoms with Crippen molar-refractivity contribution < 1.29 is 19.1 Å². The van der Waals surface area contributed by atoms with Crippen LogP contribution in [0.4, 0.5) is 0 Å². The number of carbonyl (C=O) groups is 2. The highest BCUT2D eigenvalue weighted by atomic mass is 32.1. The molecule has 0 atom stereocenters. The Balaban J connectivity index is 1.53. The highest BCUT2D eigenvalue weighted by Gasteiger charge is 2.17. The molecule has 0 aliphatic carbocycles. The summed E-state index contributed by atoms with van der Waals surface area (Å²) >= 11 is 2.85. The molecule has 0 saturated carbocycles. The first kappa shape index (κ1) is 19.8. The predicted molar refractivity (Wildman–Crippen MR) is 109 cm³/mol. The van der Waals surface area contributed by atoms with Crippen molar-refractivity contribution in [3.63, 3.8) is 0 Å². The molecule has 0 aliphatic heterocycles. The highest BCUT2D eigenvalue weighted by molar-refractivity contribution is 7.17. The van der Waals surface area contributed by atoms with Crippen LogP contribution in [-0.2, 0) is 4.79 Å². The van der Waals surface area contributed by atoms with Gasteiger partial charge in [0.1, 0.15) is 9.88 Å². The molecule has 9 heteroatoms. The standard InChI is InChI=1S/C19H19N3O4S2/c1-3-25-14-6-4-5-7-15(14)26-10-16(23)21-22-18(24)17-12(2)20-19(28-17)13-8-9-27-11-13/h4-9,11H,3,10H2,1-2H3,(H,21,23)(H,22,24). The van der Waals surface area contributed by atoms with Crippen molar-refractivity contribution in [3.8, 4) is 22.1 Å². The molecule has 3 aromatic rings. The fourth-order valence-corrected chi connectivity index (χ4v) is 4.00. The zero-order valence-electron chi connectivity index (χ0n) is 15.4. The van der Waals surface area contributed by atoms with Crippen LogP contribution in [0.2, 0.25) is 0 Å². The lowest BCUT2D eigenvalue weighted by molar-refractivity contribution is -0.123. The molecule has 2 amide bonds. The highest BCUT2D eigenvalue weighted by Crippen LogP contribution is 2.29. The van der Waals surface area contributed by atoms with Crippen LogP contribution in [-0.4, -0.2) is 30.0 Å². The SMILES string of the molecule is CCOc1ccccc1OCC(=O)NNC(=O)c1sc(-c2ccsc2)nc1C. The number of amides is 2. The van der Waals surface area contributed by atoms with Gasteiger partial charge in [-0.3, -0.25) is 20.4 Å². The number of aromatic nitrogens is 1. The second-order valence-electron chi connectivity index (χ2n) is 5.62. The lowest BCUT2D eigenvalue weighted by Gasteiger charge is -2.11. The number of thiophene rings is 1. The number of nitrogens with one attached hydrogen (secondary N) is 2. The molecule has 2 N–H and O–H groups in total. The third kappa shape index (κ3) is 4.87. The summed E-state index contributed by atoms with van der Waals surface area (Å²) in [6, 6.07) is 9.03. The first-order valence-corrected chi connectivity index (χ1v) is 10.3. The van der Waals surface area contributed by atoms with Gasteiger partial charge in [-0.25, -0.2) is 4.98 Å². The monoisotopic (exact) mass is 417 g/mol. The third-order valence-electron chi connectivity index (χ3n) is 3.59. The molecule has 2 heterocycles. The second kappa shape index (κ2) is 9.34. The smallest absolute Gasteiger partial charge is 0.281 e. The summed E-state index contributed by atoms with van der Waals surface area (Å²) in [6.45, 7) is 3.86. The fraction of sp³-hybridized carbons (Fsp3) is 0.211. The summed E-state index contributed by atoms with van der Waals surface area (Å²) < 4.78 is 10.9. The summed E-state index contributed by atoms with van der Waals surface area (Å²) in [5.41, 5.74) is 6.33. The van der Waals surface area contributed by atoms with Gasteiger partial charge >= 0.3 is 0 Å². The van der Waals surface area contributed by atoms with E-state index in [0.717, 1.165) is 10.6 Å². The van der Waals surface area contributed by atoms with E-state index in [2.05, 4.69) is 15.8 Å². The molecule has 0 fully saturated rings. The molecule has 0 aliphatic rings. The van der Waals surface area contributed by atoms with E-state index in [9.17, 15) is 9.59 Å². The maximum Gasteiger partial charge on any atom is 0.281 e. The van der Waals surface area contributed by atoms with Gasteiger partial charge < -0.3 is 9.47 Å². The van der Waals surface area contributed by atoms with E-state index < -0.39 is 11.8 Å². The van der Waals surface area contributed by atoms with Crippen LogP contribution < -0.4 is 20.3 Å². The van der Waals surface area contributed by atoms with Crippen LogP contribution in [0.3, 0.4) is 0 Å². The topological polar surface area (TPSA) is 89.5 Å². The number of hydrogen-bond acceptors (Lipinski definition) is 7. The molecule has 0 radical (unpaired) electrons. The minimum atomic E-state index is -0.486. The number of hydrogen-bond donors (Lipinski definition) is 2. The number of ether oxygens (including phenoxy) is 2. The number of hydrazine groups is 1. The molecular weight excluding hydrogens is 398 g/mol. The number of benzene rings is 1. The summed E-state index contributed by atoms with van der Waals surface area (Å²) in [6.07, 6.45) is 0. The number of rotatable bonds is 7. The Bertz CT molecular complexity index is 954. The molecule has 0 unspecified atom stereocenters. The average molecular weight is 418 g/mol. The van der Waals surface area contributed by atoms with Crippen molar-refractivity contribution >= 4 is 34.5 Å². The minimum Gasteiger partial charge on any atom is -0.490 e. The Kier molecular flexibility index (Phi) is 6.62. The third-order valence-corrected chi connectivity index (χ3v) is 5.48. The molecule has 2 aromatic heterocycles. The molecule has 28 heavy (non-hydrogen) atoms. The van der Waals surface area contributed by atoms with Crippen LogP contribution in [0.1, 0.15) is 22.3 Å². The van der Waals surface area contributed by atoms with Gasteiger partial charge in [0.25, 0.3) is 11.8 Å². The molecule has 1 aromatic carbocycles. The van der Waals surface area contributed by atoms with E-state index in [1.54, 1.807) is 36.5 Å². The van der Waals surface area contributed by atoms with Crippen molar-refractivity contribution in [3.05, 3.63) is 51.7 Å². The first-order chi connectivity index (χ1) is 13.6. The van der Waals surface area contributed by atoms with Gasteiger partial charge in [-0.1, -0.05) is 12.1 Å². The molecule has 0 spiro atoms. The second-order valence-corrected chi connectivity index (χ2v) is 7.40. The van der Waals surface area contributed by atoms with Crippen molar-refractivity contribution in [2.75, 3.05) is 13.2 Å². The van der Waals surface area contributed by atoms with E-state index >= 15 is 0 Å². The van der Waals surface area contributed by atoms with Gasteiger partial charge in [0.2, 0.25) is 0 Å². The summed E-state index contributed by atoms with van der Waals surface area (Å²) in [7, 11) is 0. The molecule has 7 nitrogen and oxygen atoms in total. The van der Waals surface area contributed by atoms with E-state index in [-0.39, 0.29) is 6.61 Å². The Morgan fingerprint density at radius 1 is 1.11 bits per heavy atom. The normalized spacial score (nSPS) is 10.4. The van der Waals surface area contributed by atoms with Gasteiger partial charge in [-0.15, -0.1) is 11.3 Å². The summed E-state index contributed by atoms with van der Waals surface area (Å²) in [5.74, 6) is 0.118. The van der Waals surface area contributed by atoms with Crippen LogP contribution in [0, 0.1) is 6.92 Å². The van der Waals surface area contributed by atoms with Crippen LogP contribution >= 0.6 is 22.7 Å². The van der Waals surface area contributed by atoms with Gasteiger partial charge in [0, 0.05) is 10.9 Å². The van der Waals surface area contributed by atoms with Crippen molar-refractivity contribution in [2.24, 2.45) is 0 Å². The lowest BCUT2D eigenvalue weighted by Crippen LogP contribution is -2.43. The lowest BCUT2D eigenvalue weighted by atomic mass is 10.3. The summed E-state index contributed by atoms with van der Waals surface area (Å²) in [4.78, 5) is 29.2. The fourth-order valence-electron chi connectivity index (χ4n) is 2.32. The quantitative estimate of drug-likeness (QED) is 0.575. The number of nitrogens with zero attached hydrogens (tertiary/aromatic N) is 1. The van der Waals surface area contributed by atoms with Gasteiger partial charge in [-0.05, 0) is 37.4 Å². The molecule has 0 saturated heterocycles. The van der Waals surface area contributed by atoms with E-state index in [1.807, 2.05) is 29.8 Å². The van der Waals surface area contributed by atoms with E-state index in [4.69, 9.17) is 9.47 Å². The van der Waals surface area contributed by atoms with Crippen molar-refractivity contribution in [1.82, 2.24) is 15.8 Å². The zero-order valence-corrected chi connectivity index (χ0v) is 17.0. The predicted octanol–water partition coefficient (Wildman–Crippen LogP) is 3.42.